The molecule has 3 N–H and O–H groups in total. The smallest absolute Gasteiger partial charge is 0.410 e. The summed E-state index contributed by atoms with van der Waals surface area (Å²) in [5, 5.41) is 3.29. The summed E-state index contributed by atoms with van der Waals surface area (Å²) in [7, 11) is 4.04. The average Bonchev–Trinajstić information content (AvgIpc) is 0.810. The highest BCUT2D eigenvalue weighted by atomic mass is 35.5. The van der Waals surface area contributed by atoms with Crippen molar-refractivity contribution in [3.8, 4) is 0 Å². The molecule has 113 heavy (non-hydrogen) atoms. The standard InChI is InChI=1S/C23H26N4O3.C22H25N5O2.C16H23N3O4.C12H12ClNO.C11H15N3O2/c1-3-17-11-21-18(12-22(17)28)10-16(13-24-21)15-26-6-8-27(9-7-26)19-4-5-20(25-14-19)23(29)30-2;1-2-16-10-20-17(11-21(16)28)9-15(12-24-20)14-26-5-7-27(8-6-26)18-3-4-19(22(23)29)25-13-18;1-16(2,3)23-15(21)19-9-7-18(8-10-19)12-5-6-13(17-11-12)14(20)22-4;1-2-9-4-11-10(5-12(9)15)3-8(6-13)7-14-11;1-16-11(15)10-3-2-9(8-13-10)14-6-4-12-5-7-14/h4-5,10-11,13-14H,3,6-9,12,15H2,1-2H3;3-4,9-10,12-13H,2,5-8,11,14H2,1H3,(H2,23,29);5-6,11H,7-10H2,1-4H3;3-4,7H,2,5-6H2,1H3;2-3,8,12H,4-7H2,1H3. The maximum atomic E-state index is 12.2. The number of ether oxygens (including phenoxy) is 4. The Morgan fingerprint density at radius 1 is 0.434 bits per heavy atom. The average molecular weight is 1560 g/mol. The first kappa shape index (κ1) is 84.3. The number of amides is 2. The SMILES string of the molecule is CCC1=Cc2ncc(CCl)cc2CC1=O.CCC1=Cc2ncc(CN3CCN(c4ccc(C(=O)OC)nc4)CC3)cc2CC1=O.CCC1=Cc2ncc(CN3CCN(c4ccc(C(N)=O)nc4)CC3)cc2CC1=O.COC(=O)c1ccc(N2CCN(C(=O)OC(C)(C)C)CC2)cn1.COC(=O)c1ccc(N2CCNCC2)cn1. The van der Waals surface area contributed by atoms with Gasteiger partial charge in [-0.15, -0.1) is 11.6 Å². The summed E-state index contributed by atoms with van der Waals surface area (Å²) in [4.78, 5) is 139. The van der Waals surface area contributed by atoms with Gasteiger partial charge in [-0.2, -0.15) is 0 Å². The fourth-order valence-corrected chi connectivity index (χ4v) is 13.8. The van der Waals surface area contributed by atoms with Crippen LogP contribution in [-0.2, 0) is 71.6 Å². The number of carbonyl (C=O) groups is 8. The molecule has 0 atom stereocenters. The highest BCUT2D eigenvalue weighted by Gasteiger charge is 2.29. The number of rotatable bonds is 16. The van der Waals surface area contributed by atoms with Crippen molar-refractivity contribution >= 4 is 99.8 Å². The summed E-state index contributed by atoms with van der Waals surface area (Å²) < 4.78 is 19.3. The van der Waals surface area contributed by atoms with Gasteiger partial charge in [-0.1, -0.05) is 39.0 Å². The van der Waals surface area contributed by atoms with Crippen LogP contribution in [0.1, 0.15) is 153 Å². The van der Waals surface area contributed by atoms with E-state index in [-0.39, 0.29) is 34.8 Å². The van der Waals surface area contributed by atoms with Crippen molar-refractivity contribution < 1.29 is 57.3 Å². The van der Waals surface area contributed by atoms with Crippen LogP contribution in [0.2, 0.25) is 0 Å². The van der Waals surface area contributed by atoms with E-state index >= 15 is 0 Å². The van der Waals surface area contributed by atoms with E-state index < -0.39 is 29.4 Å². The fraction of sp³-hybridized carbons (Fsp3) is 0.417. The second kappa shape index (κ2) is 40.3. The first-order chi connectivity index (χ1) is 54.4. The number of methoxy groups -OCH3 is 3. The number of carbonyl (C=O) groups excluding carboxylic acids is 8. The molecule has 7 aliphatic rings. The molecule has 0 bridgehead atoms. The van der Waals surface area contributed by atoms with Crippen LogP contribution >= 0.6 is 11.6 Å². The highest BCUT2D eigenvalue weighted by molar-refractivity contribution is 6.17. The number of ketones is 3. The topological polar surface area (TPSA) is 324 Å². The Morgan fingerprint density at radius 3 is 1.05 bits per heavy atom. The number of piperazine rings is 4. The van der Waals surface area contributed by atoms with Crippen molar-refractivity contribution in [2.24, 2.45) is 5.73 Å². The van der Waals surface area contributed by atoms with Crippen LogP contribution in [0.4, 0.5) is 27.5 Å². The Balaban J connectivity index is 0.000000153. The van der Waals surface area contributed by atoms with Gasteiger partial charge in [-0.25, -0.2) is 39.1 Å². The lowest BCUT2D eigenvalue weighted by Gasteiger charge is -2.36. The maximum Gasteiger partial charge on any atom is 0.410 e. The van der Waals surface area contributed by atoms with E-state index in [9.17, 15) is 38.4 Å². The number of fused-ring (bicyclic) bond motifs is 3. The van der Waals surface area contributed by atoms with Crippen LogP contribution < -0.4 is 30.7 Å². The van der Waals surface area contributed by atoms with E-state index in [4.69, 9.17) is 26.8 Å². The number of halogens is 1. The summed E-state index contributed by atoms with van der Waals surface area (Å²) in [6, 6.07) is 20.5. The molecular formula is C84H101ClN16O12. The fourth-order valence-electron chi connectivity index (χ4n) is 13.6. The van der Waals surface area contributed by atoms with E-state index in [0.29, 0.717) is 62.7 Å². The third-order valence-corrected chi connectivity index (χ3v) is 20.3. The number of hydrogen-bond donors (Lipinski definition) is 2. The van der Waals surface area contributed by atoms with Crippen molar-refractivity contribution in [3.05, 3.63) is 200 Å². The number of primary amides is 1. The number of nitrogens with one attached hydrogen (secondary N) is 1. The second-order valence-corrected chi connectivity index (χ2v) is 29.1. The lowest BCUT2D eigenvalue weighted by atomic mass is 9.92. The molecule has 2 amide bonds. The van der Waals surface area contributed by atoms with Gasteiger partial charge in [-0.05, 0) is 157 Å². The molecule has 28 nitrogen and oxygen atoms in total. The Kier molecular flexibility index (Phi) is 30.1. The van der Waals surface area contributed by atoms with Crippen molar-refractivity contribution in [1.29, 1.82) is 0 Å². The molecule has 4 saturated heterocycles. The van der Waals surface area contributed by atoms with Gasteiger partial charge in [0.2, 0.25) is 0 Å². The van der Waals surface area contributed by atoms with E-state index in [1.165, 1.54) is 21.3 Å². The van der Waals surface area contributed by atoms with E-state index in [1.54, 1.807) is 60.1 Å². The van der Waals surface area contributed by atoms with Crippen molar-refractivity contribution in [2.45, 2.75) is 105 Å². The minimum absolute atomic E-state index is 0.207. The van der Waals surface area contributed by atoms with Gasteiger partial charge in [-0.3, -0.25) is 43.9 Å². The number of anilines is 4. The van der Waals surface area contributed by atoms with E-state index in [0.717, 1.165) is 201 Å². The lowest BCUT2D eigenvalue weighted by molar-refractivity contribution is -0.115. The zero-order valence-corrected chi connectivity index (χ0v) is 66.7. The molecule has 0 spiro atoms. The Hall–Kier alpha value is -11.2. The van der Waals surface area contributed by atoms with Crippen LogP contribution in [0.15, 0.2) is 127 Å². The Bertz CT molecular complexity index is 4600. The second-order valence-electron chi connectivity index (χ2n) is 28.8. The summed E-state index contributed by atoms with van der Waals surface area (Å²) in [5.41, 5.74) is 21.7. The van der Waals surface area contributed by atoms with Crippen molar-refractivity contribution in [3.63, 3.8) is 0 Å². The molecule has 4 fully saturated rings. The quantitative estimate of drug-likeness (QED) is 0.0517. The molecule has 29 heteroatoms. The molecule has 0 aromatic carbocycles. The molecule has 14 rings (SSSR count). The number of allylic oxidation sites excluding steroid dienone is 3. The van der Waals surface area contributed by atoms with Gasteiger partial charge >= 0.3 is 24.0 Å². The summed E-state index contributed by atoms with van der Waals surface area (Å²) in [6.45, 7) is 26.9. The number of alkyl halides is 1. The molecule has 7 aromatic heterocycles. The number of pyridine rings is 7. The third-order valence-electron chi connectivity index (χ3n) is 20.0. The van der Waals surface area contributed by atoms with Crippen molar-refractivity contribution in [1.82, 2.24) is 54.9 Å². The van der Waals surface area contributed by atoms with E-state index in [2.05, 4.69) is 91.2 Å². The largest absolute Gasteiger partial charge is 0.464 e. The molecule has 3 aliphatic carbocycles. The predicted octanol–water partition coefficient (Wildman–Crippen LogP) is 9.26. The zero-order chi connectivity index (χ0) is 80.7. The molecule has 0 unspecified atom stereocenters. The van der Waals surface area contributed by atoms with Crippen molar-refractivity contribution in [2.75, 3.05) is 146 Å². The molecule has 4 aliphatic heterocycles. The molecular weight excluding hydrogens is 1460 g/mol. The summed E-state index contributed by atoms with van der Waals surface area (Å²) >= 11 is 5.72. The minimum Gasteiger partial charge on any atom is -0.464 e. The summed E-state index contributed by atoms with van der Waals surface area (Å²) in [6.07, 6.45) is 21.6. The number of hydrogen-bond acceptors (Lipinski definition) is 26. The van der Waals surface area contributed by atoms with Crippen LogP contribution in [0.5, 0.6) is 0 Å². The minimum atomic E-state index is -0.511. The number of nitrogens with zero attached hydrogens (tertiary/aromatic N) is 14. The molecule has 11 heterocycles. The maximum absolute atomic E-state index is 12.2. The number of nitrogens with two attached hydrogens (primary N) is 1. The molecule has 7 aromatic rings. The van der Waals surface area contributed by atoms with Gasteiger partial charge in [0.1, 0.15) is 28.4 Å². The monoisotopic (exact) mass is 1560 g/mol. The lowest BCUT2D eigenvalue weighted by Crippen LogP contribution is -2.50. The first-order valence-corrected chi connectivity index (χ1v) is 38.7. The van der Waals surface area contributed by atoms with Gasteiger partial charge in [0.25, 0.3) is 5.91 Å². The molecule has 0 saturated carbocycles. The number of esters is 3. The van der Waals surface area contributed by atoms with Gasteiger partial charge in [0.15, 0.2) is 17.3 Å². The van der Waals surface area contributed by atoms with Crippen LogP contribution in [0, 0.1) is 0 Å². The van der Waals surface area contributed by atoms with Gasteiger partial charge in [0.05, 0.1) is 85.9 Å². The Morgan fingerprint density at radius 2 is 0.752 bits per heavy atom. The molecule has 0 radical (unpaired) electrons. The van der Waals surface area contributed by atoms with E-state index in [1.807, 2.05) is 102 Å². The normalized spacial score (nSPS) is 16.2. The van der Waals surface area contributed by atoms with Gasteiger partial charge < -0.3 is 54.5 Å². The summed E-state index contributed by atoms with van der Waals surface area (Å²) in [5.74, 6) is -0.709. The number of aromatic nitrogens is 7. The molecule has 596 valence electrons. The van der Waals surface area contributed by atoms with Gasteiger partial charge in [0, 0.05) is 162 Å². The van der Waals surface area contributed by atoms with Crippen LogP contribution in [-0.4, -0.2) is 228 Å². The van der Waals surface area contributed by atoms with Crippen LogP contribution in [0.25, 0.3) is 18.2 Å². The Labute approximate surface area is 664 Å². The first-order valence-electron chi connectivity index (χ1n) is 38.2. The van der Waals surface area contributed by atoms with Crippen LogP contribution in [0.3, 0.4) is 0 Å². The predicted molar refractivity (Wildman–Crippen MR) is 433 cm³/mol. The zero-order valence-electron chi connectivity index (χ0n) is 65.9. The number of Topliss-reactive ketones (excluding diaryl/α,β-unsaturated/α-hetero) is 3. The highest BCUT2D eigenvalue weighted by Crippen LogP contribution is 2.29. The third kappa shape index (κ3) is 23.5.